The van der Waals surface area contributed by atoms with E-state index in [-0.39, 0.29) is 42.9 Å². The van der Waals surface area contributed by atoms with E-state index in [9.17, 15) is 20.1 Å². The fourth-order valence-electron chi connectivity index (χ4n) is 3.38. The summed E-state index contributed by atoms with van der Waals surface area (Å²) in [4.78, 5) is 14.2. The first-order valence-electron chi connectivity index (χ1n) is 8.70. The number of carbonyl (C=O) groups excluding carboxylic acids is 1. The van der Waals surface area contributed by atoms with Crippen LogP contribution in [0.2, 0.25) is 0 Å². The van der Waals surface area contributed by atoms with Gasteiger partial charge < -0.3 is 29.7 Å². The van der Waals surface area contributed by atoms with Gasteiger partial charge in [-0.1, -0.05) is 12.8 Å². The highest BCUT2D eigenvalue weighted by molar-refractivity contribution is 5.97. The van der Waals surface area contributed by atoms with Crippen molar-refractivity contribution in [3.05, 3.63) is 23.8 Å². The zero-order valence-corrected chi connectivity index (χ0v) is 14.2. The maximum Gasteiger partial charge on any atom is 0.257 e. The summed E-state index contributed by atoms with van der Waals surface area (Å²) in [6.07, 6.45) is 4.45. The van der Waals surface area contributed by atoms with Crippen molar-refractivity contribution in [1.29, 1.82) is 0 Å². The van der Waals surface area contributed by atoms with Crippen LogP contribution in [0, 0.1) is 0 Å². The molecule has 7 nitrogen and oxygen atoms in total. The molecule has 1 aliphatic heterocycles. The minimum atomic E-state index is -1.28. The van der Waals surface area contributed by atoms with Gasteiger partial charge in [0.05, 0.1) is 38.0 Å². The van der Waals surface area contributed by atoms with Crippen LogP contribution in [-0.4, -0.2) is 70.7 Å². The zero-order chi connectivity index (χ0) is 17.9. The molecule has 7 heteroatoms. The van der Waals surface area contributed by atoms with E-state index < -0.39 is 11.5 Å². The van der Waals surface area contributed by atoms with Gasteiger partial charge in [-0.2, -0.15) is 0 Å². The quantitative estimate of drug-likeness (QED) is 0.755. The van der Waals surface area contributed by atoms with Gasteiger partial charge in [0.15, 0.2) is 0 Å². The topological polar surface area (TPSA) is 99.5 Å². The second kappa shape index (κ2) is 7.59. The van der Waals surface area contributed by atoms with Crippen LogP contribution in [-0.2, 0) is 9.47 Å². The van der Waals surface area contributed by atoms with Gasteiger partial charge in [-0.15, -0.1) is 0 Å². The summed E-state index contributed by atoms with van der Waals surface area (Å²) in [6.45, 7) is 0.897. The Morgan fingerprint density at radius 2 is 2.08 bits per heavy atom. The van der Waals surface area contributed by atoms with Gasteiger partial charge in [0, 0.05) is 12.6 Å². The number of aliphatic hydroxyl groups is 1. The number of ether oxygens (including phenoxy) is 2. The van der Waals surface area contributed by atoms with Crippen molar-refractivity contribution in [2.24, 2.45) is 0 Å². The third kappa shape index (κ3) is 4.42. The van der Waals surface area contributed by atoms with Crippen LogP contribution in [0.15, 0.2) is 18.2 Å². The molecule has 3 N–H and O–H groups in total. The molecule has 1 aromatic rings. The fraction of sp³-hybridized carbons (Fsp3) is 0.611. The molecule has 0 radical (unpaired) electrons. The number of phenols is 2. The molecule has 1 saturated heterocycles. The van der Waals surface area contributed by atoms with Crippen LogP contribution in [0.4, 0.5) is 0 Å². The number of carbonyl (C=O) groups is 1. The van der Waals surface area contributed by atoms with Gasteiger partial charge in [-0.25, -0.2) is 0 Å². The van der Waals surface area contributed by atoms with Gasteiger partial charge in [0.25, 0.3) is 5.91 Å². The van der Waals surface area contributed by atoms with Crippen molar-refractivity contribution >= 4 is 5.91 Å². The summed E-state index contributed by atoms with van der Waals surface area (Å²) < 4.78 is 11.3. The van der Waals surface area contributed by atoms with Crippen molar-refractivity contribution < 1.29 is 29.6 Å². The van der Waals surface area contributed by atoms with Gasteiger partial charge in [-0.05, 0) is 25.0 Å². The molecule has 2 aliphatic rings. The molecule has 2 fully saturated rings. The second-order valence-corrected chi connectivity index (χ2v) is 6.92. The first-order valence-corrected chi connectivity index (χ1v) is 8.70. The van der Waals surface area contributed by atoms with E-state index in [1.807, 2.05) is 0 Å². The Balaban J connectivity index is 1.68. The molecule has 3 rings (SSSR count). The number of nitrogens with zero attached hydrogens (tertiary/aromatic N) is 1. The molecule has 1 aliphatic carbocycles. The normalized spacial score (nSPS) is 25.1. The van der Waals surface area contributed by atoms with Crippen molar-refractivity contribution in [2.45, 2.75) is 37.4 Å². The van der Waals surface area contributed by atoms with Crippen LogP contribution < -0.4 is 0 Å². The Bertz CT molecular complexity index is 616. The lowest BCUT2D eigenvalue weighted by Gasteiger charge is -2.31. The first kappa shape index (κ1) is 18.0. The number of β-amino-alcohol motifs (C(OH)–C–C–N with tert-alkyl or cyclic N) is 1. The summed E-state index contributed by atoms with van der Waals surface area (Å²) >= 11 is 0. The van der Waals surface area contributed by atoms with Crippen molar-refractivity contribution in [1.82, 2.24) is 4.90 Å². The molecule has 1 atom stereocenters. The number of hydrogen-bond donors (Lipinski definition) is 3. The second-order valence-electron chi connectivity index (χ2n) is 6.92. The van der Waals surface area contributed by atoms with Crippen LogP contribution in [0.25, 0.3) is 0 Å². The Hall–Kier alpha value is -1.83. The predicted molar refractivity (Wildman–Crippen MR) is 89.7 cm³/mol. The predicted octanol–water partition coefficient (Wildman–Crippen LogP) is 1.26. The maximum atomic E-state index is 12.7. The van der Waals surface area contributed by atoms with Gasteiger partial charge in [0.2, 0.25) is 0 Å². The highest BCUT2D eigenvalue weighted by atomic mass is 16.5. The maximum absolute atomic E-state index is 12.7. The summed E-state index contributed by atoms with van der Waals surface area (Å²) in [7, 11) is 0. The molecule has 1 saturated carbocycles. The fourth-order valence-corrected chi connectivity index (χ4v) is 3.38. The SMILES string of the molecule is O=C(c1ccc(O)cc1O)N1CCOCC(O)(COC2CCCC2)C1. The van der Waals surface area contributed by atoms with Crippen LogP contribution >= 0.6 is 0 Å². The number of aromatic hydroxyl groups is 2. The lowest BCUT2D eigenvalue weighted by Crippen LogP contribution is -2.50. The third-order valence-corrected chi connectivity index (χ3v) is 4.75. The summed E-state index contributed by atoms with van der Waals surface area (Å²) in [6, 6.07) is 3.83. The lowest BCUT2D eigenvalue weighted by atomic mass is 10.1. The molecule has 1 amide bonds. The largest absolute Gasteiger partial charge is 0.508 e. The molecular weight excluding hydrogens is 326 g/mol. The summed E-state index contributed by atoms with van der Waals surface area (Å²) in [5, 5.41) is 30.1. The molecule has 0 spiro atoms. The number of hydrogen-bond acceptors (Lipinski definition) is 6. The van der Waals surface area contributed by atoms with Gasteiger partial charge >= 0.3 is 0 Å². The molecule has 0 aromatic heterocycles. The molecule has 138 valence electrons. The Kier molecular flexibility index (Phi) is 5.46. The zero-order valence-electron chi connectivity index (χ0n) is 14.2. The van der Waals surface area contributed by atoms with E-state index in [2.05, 4.69) is 0 Å². The van der Waals surface area contributed by atoms with E-state index in [1.54, 1.807) is 0 Å². The Labute approximate surface area is 146 Å². The van der Waals surface area contributed by atoms with Crippen molar-refractivity contribution in [2.75, 3.05) is 32.9 Å². The standard InChI is InChI=1S/C18H25NO6/c20-13-5-6-15(16(21)9-13)17(22)19-7-8-24-11-18(23,10-19)12-25-14-3-1-2-4-14/h5-6,9,14,20-21,23H,1-4,7-8,10-12H2. The summed E-state index contributed by atoms with van der Waals surface area (Å²) in [5.74, 6) is -0.821. The molecule has 1 heterocycles. The lowest BCUT2D eigenvalue weighted by molar-refractivity contribution is -0.104. The Morgan fingerprint density at radius 1 is 1.32 bits per heavy atom. The average molecular weight is 351 g/mol. The van der Waals surface area contributed by atoms with E-state index in [0.29, 0.717) is 13.2 Å². The van der Waals surface area contributed by atoms with Crippen LogP contribution in [0.1, 0.15) is 36.0 Å². The molecular formula is C18H25NO6. The smallest absolute Gasteiger partial charge is 0.257 e. The summed E-state index contributed by atoms with van der Waals surface area (Å²) in [5.41, 5.74) is -1.19. The van der Waals surface area contributed by atoms with Gasteiger partial charge in [0.1, 0.15) is 17.1 Å². The first-order chi connectivity index (χ1) is 12.0. The third-order valence-electron chi connectivity index (χ3n) is 4.75. The van der Waals surface area contributed by atoms with E-state index >= 15 is 0 Å². The number of phenolic OH excluding ortho intramolecular Hbond substituents is 2. The van der Waals surface area contributed by atoms with Crippen LogP contribution in [0.3, 0.4) is 0 Å². The molecule has 1 unspecified atom stereocenters. The Morgan fingerprint density at radius 3 is 2.80 bits per heavy atom. The van der Waals surface area contributed by atoms with Gasteiger partial charge in [-0.3, -0.25) is 4.79 Å². The van der Waals surface area contributed by atoms with Crippen molar-refractivity contribution in [3.8, 4) is 11.5 Å². The van der Waals surface area contributed by atoms with Crippen LogP contribution in [0.5, 0.6) is 11.5 Å². The molecule has 1 aromatic carbocycles. The number of benzene rings is 1. The van der Waals surface area contributed by atoms with E-state index in [1.165, 1.54) is 17.0 Å². The van der Waals surface area contributed by atoms with E-state index in [0.717, 1.165) is 31.7 Å². The number of rotatable bonds is 4. The minimum Gasteiger partial charge on any atom is -0.508 e. The highest BCUT2D eigenvalue weighted by Gasteiger charge is 2.36. The molecule has 25 heavy (non-hydrogen) atoms. The monoisotopic (exact) mass is 351 g/mol. The average Bonchev–Trinajstić information content (AvgIpc) is 3.02. The van der Waals surface area contributed by atoms with E-state index in [4.69, 9.17) is 9.47 Å². The highest BCUT2D eigenvalue weighted by Crippen LogP contribution is 2.26. The molecule has 0 bridgehead atoms. The minimum absolute atomic E-state index is 0.0683. The van der Waals surface area contributed by atoms with Crippen molar-refractivity contribution in [3.63, 3.8) is 0 Å². The number of amides is 1.